The number of piperidine rings is 1. The highest BCUT2D eigenvalue weighted by Gasteiger charge is 2.28. The van der Waals surface area contributed by atoms with Crippen LogP contribution in [0.4, 0.5) is 10.5 Å². The number of anilines is 1. The Morgan fingerprint density at radius 1 is 1.33 bits per heavy atom. The number of nitrogens with two attached hydrogens (primary N) is 1. The fraction of sp³-hybridized carbons (Fsp3) is 0.357. The van der Waals surface area contributed by atoms with Crippen LogP contribution in [-0.2, 0) is 4.79 Å². The van der Waals surface area contributed by atoms with E-state index in [0.29, 0.717) is 30.6 Å². The highest BCUT2D eigenvalue weighted by molar-refractivity contribution is 5.96. The number of carboxylic acids is 1. The Balaban J connectivity index is 2.02. The molecule has 21 heavy (non-hydrogen) atoms. The molecule has 2 rings (SSSR count). The number of benzene rings is 1. The molecule has 7 nitrogen and oxygen atoms in total. The molecule has 1 atom stereocenters. The molecule has 7 heteroatoms. The first-order valence-corrected chi connectivity index (χ1v) is 6.66. The molecule has 0 saturated carbocycles. The van der Waals surface area contributed by atoms with Crippen LogP contribution in [0.5, 0.6) is 0 Å². The van der Waals surface area contributed by atoms with Crippen LogP contribution in [-0.4, -0.2) is 41.0 Å². The van der Waals surface area contributed by atoms with Gasteiger partial charge in [-0.05, 0) is 31.0 Å². The Kier molecular flexibility index (Phi) is 4.42. The zero-order valence-electron chi connectivity index (χ0n) is 11.4. The van der Waals surface area contributed by atoms with Gasteiger partial charge < -0.3 is 21.1 Å². The van der Waals surface area contributed by atoms with Gasteiger partial charge in [0.15, 0.2) is 0 Å². The second-order valence-corrected chi connectivity index (χ2v) is 5.00. The smallest absolute Gasteiger partial charge is 0.321 e. The van der Waals surface area contributed by atoms with E-state index in [1.165, 1.54) is 11.0 Å². The summed E-state index contributed by atoms with van der Waals surface area (Å²) >= 11 is 0. The van der Waals surface area contributed by atoms with E-state index in [0.717, 1.165) is 0 Å². The summed E-state index contributed by atoms with van der Waals surface area (Å²) < 4.78 is 0. The molecule has 0 radical (unpaired) electrons. The molecule has 0 bridgehead atoms. The summed E-state index contributed by atoms with van der Waals surface area (Å²) in [6.07, 6.45) is 1.24. The summed E-state index contributed by atoms with van der Waals surface area (Å²) in [4.78, 5) is 35.7. The summed E-state index contributed by atoms with van der Waals surface area (Å²) in [5, 5.41) is 11.7. The van der Waals surface area contributed by atoms with E-state index >= 15 is 0 Å². The zero-order chi connectivity index (χ0) is 15.4. The molecule has 0 aromatic heterocycles. The molecule has 4 N–H and O–H groups in total. The number of carbonyl (C=O) groups excluding carboxylic acids is 2. The molecule has 1 heterocycles. The maximum Gasteiger partial charge on any atom is 0.321 e. The number of hydrogen-bond acceptors (Lipinski definition) is 3. The third-order valence-electron chi connectivity index (χ3n) is 3.46. The van der Waals surface area contributed by atoms with Gasteiger partial charge in [0.05, 0.1) is 5.92 Å². The van der Waals surface area contributed by atoms with Crippen molar-refractivity contribution < 1.29 is 19.5 Å². The van der Waals surface area contributed by atoms with Gasteiger partial charge >= 0.3 is 12.0 Å². The number of carboxylic acid groups (broad SMARTS) is 1. The molecule has 0 aliphatic carbocycles. The van der Waals surface area contributed by atoms with Crippen molar-refractivity contribution in [2.75, 3.05) is 18.4 Å². The average Bonchev–Trinajstić information content (AvgIpc) is 2.47. The van der Waals surface area contributed by atoms with Crippen molar-refractivity contribution in [1.29, 1.82) is 0 Å². The fourth-order valence-corrected chi connectivity index (χ4v) is 2.32. The number of nitrogens with zero attached hydrogens (tertiary/aromatic N) is 1. The second-order valence-electron chi connectivity index (χ2n) is 5.00. The van der Waals surface area contributed by atoms with Crippen molar-refractivity contribution in [3.63, 3.8) is 0 Å². The van der Waals surface area contributed by atoms with Crippen molar-refractivity contribution in [2.45, 2.75) is 12.8 Å². The maximum atomic E-state index is 12.1. The summed E-state index contributed by atoms with van der Waals surface area (Å²) in [5.74, 6) is -1.99. The van der Waals surface area contributed by atoms with E-state index in [9.17, 15) is 14.4 Å². The van der Waals surface area contributed by atoms with Crippen LogP contribution in [0, 0.1) is 5.92 Å². The first-order valence-electron chi connectivity index (χ1n) is 6.66. The van der Waals surface area contributed by atoms with Crippen LogP contribution < -0.4 is 11.1 Å². The number of likely N-dealkylation sites (tertiary alicyclic amines) is 1. The lowest BCUT2D eigenvalue weighted by atomic mass is 9.99. The molecular weight excluding hydrogens is 274 g/mol. The van der Waals surface area contributed by atoms with Gasteiger partial charge in [-0.2, -0.15) is 0 Å². The highest BCUT2D eigenvalue weighted by Crippen LogP contribution is 2.18. The Bertz CT molecular complexity index is 573. The van der Waals surface area contributed by atoms with Crippen molar-refractivity contribution >= 4 is 23.6 Å². The molecule has 1 aliphatic rings. The van der Waals surface area contributed by atoms with E-state index in [1.807, 2.05) is 0 Å². The molecular formula is C14H17N3O4. The third kappa shape index (κ3) is 3.71. The number of amides is 3. The highest BCUT2D eigenvalue weighted by atomic mass is 16.4. The molecule has 112 valence electrons. The van der Waals surface area contributed by atoms with E-state index in [-0.39, 0.29) is 12.6 Å². The van der Waals surface area contributed by atoms with E-state index in [4.69, 9.17) is 10.8 Å². The number of nitrogens with one attached hydrogen (secondary N) is 1. The fourth-order valence-electron chi connectivity index (χ4n) is 2.32. The lowest BCUT2D eigenvalue weighted by Crippen LogP contribution is -2.44. The van der Waals surface area contributed by atoms with Gasteiger partial charge in [-0.25, -0.2) is 4.79 Å². The number of primary amides is 1. The second kappa shape index (κ2) is 6.25. The third-order valence-corrected chi connectivity index (χ3v) is 3.46. The van der Waals surface area contributed by atoms with Crippen LogP contribution >= 0.6 is 0 Å². The molecule has 0 unspecified atom stereocenters. The average molecular weight is 291 g/mol. The predicted octanol–water partition coefficient (Wildman–Crippen LogP) is 1.11. The summed E-state index contributed by atoms with van der Waals surface area (Å²) in [6, 6.07) is 5.93. The largest absolute Gasteiger partial charge is 0.481 e. The molecule has 3 amide bonds. The predicted molar refractivity (Wildman–Crippen MR) is 75.9 cm³/mol. The standard InChI is InChI=1S/C14H17N3O4/c15-12(18)9-3-1-5-11(7-9)16-14(21)17-6-2-4-10(8-17)13(19)20/h1,3,5,7,10H,2,4,6,8H2,(H2,15,18)(H,16,21)(H,19,20)/t10-/m1/s1. The summed E-state index contributed by atoms with van der Waals surface area (Å²) in [5.41, 5.74) is 5.93. The van der Waals surface area contributed by atoms with Gasteiger partial charge in [0, 0.05) is 24.3 Å². The number of rotatable bonds is 3. The van der Waals surface area contributed by atoms with Gasteiger partial charge in [0.25, 0.3) is 0 Å². The zero-order valence-corrected chi connectivity index (χ0v) is 11.4. The SMILES string of the molecule is NC(=O)c1cccc(NC(=O)N2CCC[C@@H](C(=O)O)C2)c1. The molecule has 1 saturated heterocycles. The molecule has 0 spiro atoms. The van der Waals surface area contributed by atoms with Crippen LogP contribution in [0.25, 0.3) is 0 Å². The number of aliphatic carboxylic acids is 1. The van der Waals surface area contributed by atoms with E-state index in [1.54, 1.807) is 18.2 Å². The topological polar surface area (TPSA) is 113 Å². The van der Waals surface area contributed by atoms with Crippen molar-refractivity contribution in [3.05, 3.63) is 29.8 Å². The molecule has 1 aliphatic heterocycles. The lowest BCUT2D eigenvalue weighted by Gasteiger charge is -2.30. The van der Waals surface area contributed by atoms with Crippen molar-refractivity contribution in [1.82, 2.24) is 4.90 Å². The Morgan fingerprint density at radius 3 is 2.76 bits per heavy atom. The molecule has 1 aromatic carbocycles. The number of hydrogen-bond donors (Lipinski definition) is 3. The van der Waals surface area contributed by atoms with E-state index < -0.39 is 17.8 Å². The van der Waals surface area contributed by atoms with Crippen LogP contribution in [0.1, 0.15) is 23.2 Å². The molecule has 1 fully saturated rings. The number of urea groups is 1. The van der Waals surface area contributed by atoms with Crippen LogP contribution in [0.3, 0.4) is 0 Å². The van der Waals surface area contributed by atoms with Crippen LogP contribution in [0.15, 0.2) is 24.3 Å². The van der Waals surface area contributed by atoms with E-state index in [2.05, 4.69) is 5.32 Å². The first kappa shape index (κ1) is 14.8. The van der Waals surface area contributed by atoms with Crippen LogP contribution in [0.2, 0.25) is 0 Å². The summed E-state index contributed by atoms with van der Waals surface area (Å²) in [7, 11) is 0. The quantitative estimate of drug-likeness (QED) is 0.774. The lowest BCUT2D eigenvalue weighted by molar-refractivity contribution is -0.143. The van der Waals surface area contributed by atoms with Crippen molar-refractivity contribution in [3.8, 4) is 0 Å². The minimum Gasteiger partial charge on any atom is -0.481 e. The van der Waals surface area contributed by atoms with Gasteiger partial charge in [-0.1, -0.05) is 6.07 Å². The van der Waals surface area contributed by atoms with Gasteiger partial charge in [0.2, 0.25) is 5.91 Å². The van der Waals surface area contributed by atoms with Gasteiger partial charge in [0.1, 0.15) is 0 Å². The Labute approximate surface area is 121 Å². The van der Waals surface area contributed by atoms with Gasteiger partial charge in [-0.15, -0.1) is 0 Å². The minimum absolute atomic E-state index is 0.191. The normalized spacial score (nSPS) is 18.1. The Hall–Kier alpha value is -2.57. The van der Waals surface area contributed by atoms with Crippen molar-refractivity contribution in [2.24, 2.45) is 11.7 Å². The monoisotopic (exact) mass is 291 g/mol. The van der Waals surface area contributed by atoms with Gasteiger partial charge in [-0.3, -0.25) is 9.59 Å². The first-order chi connectivity index (χ1) is 9.97. The Morgan fingerprint density at radius 2 is 2.10 bits per heavy atom. The molecule has 1 aromatic rings. The number of carbonyl (C=O) groups is 3. The maximum absolute atomic E-state index is 12.1. The summed E-state index contributed by atoms with van der Waals surface area (Å²) in [6.45, 7) is 0.710. The minimum atomic E-state index is -0.886.